The average molecular weight is 392 g/mol. The van der Waals surface area contributed by atoms with E-state index in [1.807, 2.05) is 6.92 Å². The third-order valence-corrected chi connectivity index (χ3v) is 3.92. The van der Waals surface area contributed by atoms with E-state index in [0.29, 0.717) is 39.4 Å². The fraction of sp³-hybridized carbons (Fsp3) is 0.222. The number of carbonyl (C=O) groups is 2. The molecule has 0 aliphatic rings. The van der Waals surface area contributed by atoms with E-state index in [-0.39, 0.29) is 11.7 Å². The molecule has 0 fully saturated rings. The second-order valence-electron chi connectivity index (χ2n) is 5.01. The summed E-state index contributed by atoms with van der Waals surface area (Å²) >= 11 is 3.40. The summed E-state index contributed by atoms with van der Waals surface area (Å²) in [7, 11) is 1.52. The fourth-order valence-electron chi connectivity index (χ4n) is 2.13. The maximum atomic E-state index is 12.4. The van der Waals surface area contributed by atoms with Crippen LogP contribution in [0.15, 0.2) is 40.9 Å². The lowest BCUT2D eigenvalue weighted by atomic mass is 10.1. The topological polar surface area (TPSA) is 64.6 Å². The van der Waals surface area contributed by atoms with Gasteiger partial charge in [-0.05, 0) is 66.2 Å². The lowest BCUT2D eigenvalue weighted by molar-refractivity contribution is 0.101. The van der Waals surface area contributed by atoms with Crippen molar-refractivity contribution in [3.8, 4) is 11.5 Å². The molecule has 2 aromatic carbocycles. The zero-order valence-electron chi connectivity index (χ0n) is 13.7. The molecule has 0 spiro atoms. The Morgan fingerprint density at radius 1 is 1.12 bits per heavy atom. The molecule has 0 aliphatic heterocycles. The lowest BCUT2D eigenvalue weighted by Gasteiger charge is -2.13. The van der Waals surface area contributed by atoms with Gasteiger partial charge in [0.1, 0.15) is 0 Å². The first kappa shape index (κ1) is 18.0. The number of hydrogen-bond acceptors (Lipinski definition) is 4. The van der Waals surface area contributed by atoms with Gasteiger partial charge in [-0.1, -0.05) is 0 Å². The van der Waals surface area contributed by atoms with Crippen molar-refractivity contribution < 1.29 is 19.1 Å². The molecule has 0 atom stereocenters. The van der Waals surface area contributed by atoms with Gasteiger partial charge in [0.15, 0.2) is 17.3 Å². The number of carbonyl (C=O) groups excluding carboxylic acids is 2. The fourth-order valence-corrected chi connectivity index (χ4v) is 2.68. The predicted octanol–water partition coefficient (Wildman–Crippen LogP) is 4.31. The second kappa shape index (κ2) is 7.97. The number of Topliss-reactive ketones (excluding diaryl/α,β-unsaturated/α-hetero) is 1. The highest BCUT2D eigenvalue weighted by atomic mass is 79.9. The van der Waals surface area contributed by atoms with Gasteiger partial charge in [0.05, 0.1) is 18.2 Å². The van der Waals surface area contributed by atoms with Crippen LogP contribution in [0, 0.1) is 0 Å². The van der Waals surface area contributed by atoms with Crippen molar-refractivity contribution in [2.45, 2.75) is 13.8 Å². The van der Waals surface area contributed by atoms with Gasteiger partial charge in [-0.25, -0.2) is 0 Å². The van der Waals surface area contributed by atoms with E-state index in [1.165, 1.54) is 14.0 Å². The molecule has 0 bridgehead atoms. The number of hydrogen-bond donors (Lipinski definition) is 1. The molecule has 0 aliphatic carbocycles. The van der Waals surface area contributed by atoms with Crippen LogP contribution >= 0.6 is 15.9 Å². The number of benzene rings is 2. The number of anilines is 1. The summed E-state index contributed by atoms with van der Waals surface area (Å²) in [5.41, 5.74) is 1.63. The van der Waals surface area contributed by atoms with Crippen LogP contribution in [0.3, 0.4) is 0 Å². The van der Waals surface area contributed by atoms with E-state index < -0.39 is 0 Å². The molecule has 126 valence electrons. The van der Waals surface area contributed by atoms with Gasteiger partial charge in [-0.3, -0.25) is 9.59 Å². The first-order chi connectivity index (χ1) is 11.5. The Hall–Kier alpha value is -2.34. The summed E-state index contributed by atoms with van der Waals surface area (Å²) in [5.74, 6) is 0.728. The Morgan fingerprint density at radius 3 is 2.33 bits per heavy atom. The molecule has 0 saturated carbocycles. The molecule has 1 N–H and O–H groups in total. The zero-order chi connectivity index (χ0) is 17.7. The summed E-state index contributed by atoms with van der Waals surface area (Å²) in [6.45, 7) is 3.86. The van der Waals surface area contributed by atoms with Crippen molar-refractivity contribution in [2.24, 2.45) is 0 Å². The minimum Gasteiger partial charge on any atom is -0.493 e. The van der Waals surface area contributed by atoms with Crippen LogP contribution < -0.4 is 14.8 Å². The standard InChI is InChI=1S/C18H18BrNO4/c1-4-24-17-15(19)9-13(10-16(17)23-3)18(22)20-14-7-5-12(6-8-14)11(2)21/h5-10H,4H2,1-3H3,(H,20,22). The number of halogens is 1. The SMILES string of the molecule is CCOc1c(Br)cc(C(=O)Nc2ccc(C(C)=O)cc2)cc1OC. The highest BCUT2D eigenvalue weighted by molar-refractivity contribution is 9.10. The molecule has 6 heteroatoms. The van der Waals surface area contributed by atoms with Crippen LogP contribution in [-0.2, 0) is 0 Å². The molecule has 0 aromatic heterocycles. The van der Waals surface area contributed by atoms with Crippen molar-refractivity contribution in [2.75, 3.05) is 19.0 Å². The summed E-state index contributed by atoms with van der Waals surface area (Å²) < 4.78 is 11.4. The highest BCUT2D eigenvalue weighted by Crippen LogP contribution is 2.36. The normalized spacial score (nSPS) is 10.2. The van der Waals surface area contributed by atoms with Crippen LogP contribution in [0.5, 0.6) is 11.5 Å². The van der Waals surface area contributed by atoms with Crippen LogP contribution in [0.25, 0.3) is 0 Å². The van der Waals surface area contributed by atoms with Crippen LogP contribution in [0.2, 0.25) is 0 Å². The van der Waals surface area contributed by atoms with Crippen molar-refractivity contribution in [1.82, 2.24) is 0 Å². The van der Waals surface area contributed by atoms with Crippen LogP contribution in [0.4, 0.5) is 5.69 Å². The van der Waals surface area contributed by atoms with Gasteiger partial charge >= 0.3 is 0 Å². The number of ketones is 1. The molecule has 0 unspecified atom stereocenters. The van der Waals surface area contributed by atoms with Crippen molar-refractivity contribution >= 4 is 33.3 Å². The Morgan fingerprint density at radius 2 is 1.79 bits per heavy atom. The van der Waals surface area contributed by atoms with Gasteiger partial charge in [-0.15, -0.1) is 0 Å². The highest BCUT2D eigenvalue weighted by Gasteiger charge is 2.15. The van der Waals surface area contributed by atoms with Gasteiger partial charge < -0.3 is 14.8 Å². The van der Waals surface area contributed by atoms with Gasteiger partial charge in [0.2, 0.25) is 0 Å². The Balaban J connectivity index is 2.23. The maximum Gasteiger partial charge on any atom is 0.255 e. The minimum absolute atomic E-state index is 0.0203. The number of ether oxygens (including phenoxy) is 2. The molecule has 1 amide bonds. The third-order valence-electron chi connectivity index (χ3n) is 3.33. The van der Waals surface area contributed by atoms with E-state index in [9.17, 15) is 9.59 Å². The summed E-state index contributed by atoms with van der Waals surface area (Å²) in [6.07, 6.45) is 0. The minimum atomic E-state index is -0.285. The van der Waals surface area contributed by atoms with E-state index in [4.69, 9.17) is 9.47 Å². The van der Waals surface area contributed by atoms with Crippen molar-refractivity contribution in [3.05, 3.63) is 52.0 Å². The Labute approximate surface area is 149 Å². The molecule has 2 aromatic rings. The van der Waals surface area contributed by atoms with E-state index in [0.717, 1.165) is 0 Å². The molecular formula is C18H18BrNO4. The Bertz CT molecular complexity index is 756. The summed E-state index contributed by atoms with van der Waals surface area (Å²) in [4.78, 5) is 23.7. The molecule has 0 radical (unpaired) electrons. The Kier molecular flexibility index (Phi) is 5.98. The third kappa shape index (κ3) is 4.14. The smallest absolute Gasteiger partial charge is 0.255 e. The lowest BCUT2D eigenvalue weighted by Crippen LogP contribution is -2.12. The monoisotopic (exact) mass is 391 g/mol. The van der Waals surface area contributed by atoms with Gasteiger partial charge in [-0.2, -0.15) is 0 Å². The van der Waals surface area contributed by atoms with Crippen molar-refractivity contribution in [1.29, 1.82) is 0 Å². The first-order valence-corrected chi connectivity index (χ1v) is 8.18. The number of nitrogens with one attached hydrogen (secondary N) is 1. The molecule has 24 heavy (non-hydrogen) atoms. The summed E-state index contributed by atoms with van der Waals surface area (Å²) in [6, 6.07) is 10.0. The zero-order valence-corrected chi connectivity index (χ0v) is 15.3. The quantitative estimate of drug-likeness (QED) is 0.744. The number of amides is 1. The van der Waals surface area contributed by atoms with Crippen molar-refractivity contribution in [3.63, 3.8) is 0 Å². The predicted molar refractivity (Wildman–Crippen MR) is 96.3 cm³/mol. The molecule has 2 rings (SSSR count). The maximum absolute atomic E-state index is 12.4. The van der Waals surface area contributed by atoms with E-state index in [1.54, 1.807) is 36.4 Å². The first-order valence-electron chi connectivity index (χ1n) is 7.39. The van der Waals surface area contributed by atoms with Gasteiger partial charge in [0, 0.05) is 16.8 Å². The van der Waals surface area contributed by atoms with E-state index in [2.05, 4.69) is 21.2 Å². The number of methoxy groups -OCH3 is 1. The van der Waals surface area contributed by atoms with E-state index >= 15 is 0 Å². The largest absolute Gasteiger partial charge is 0.493 e. The molecular weight excluding hydrogens is 374 g/mol. The van der Waals surface area contributed by atoms with Crippen LogP contribution in [0.1, 0.15) is 34.6 Å². The second-order valence-corrected chi connectivity index (χ2v) is 5.86. The molecule has 5 nitrogen and oxygen atoms in total. The molecule has 0 saturated heterocycles. The summed E-state index contributed by atoms with van der Waals surface area (Å²) in [5, 5.41) is 2.79. The van der Waals surface area contributed by atoms with Gasteiger partial charge in [0.25, 0.3) is 5.91 Å². The average Bonchev–Trinajstić information content (AvgIpc) is 2.57. The number of rotatable bonds is 6. The van der Waals surface area contributed by atoms with Crippen LogP contribution in [-0.4, -0.2) is 25.4 Å². The molecule has 0 heterocycles.